The van der Waals surface area contributed by atoms with Crippen LogP contribution in [-0.4, -0.2) is 52.2 Å². The van der Waals surface area contributed by atoms with E-state index in [0.29, 0.717) is 0 Å². The number of hydrogen-bond donors (Lipinski definition) is 1. The molecule has 0 saturated carbocycles. The number of likely N-dealkylation sites (tertiary alicyclic amines) is 1. The molecule has 0 unspecified atom stereocenters. The fourth-order valence-electron chi connectivity index (χ4n) is 4.58. The molecule has 8 heteroatoms. The van der Waals surface area contributed by atoms with E-state index in [0.717, 1.165) is 60.9 Å². The normalized spacial score (nSPS) is 14.6. The second-order valence-corrected chi connectivity index (χ2v) is 9.36. The number of carbonyl (C=O) groups excluding carboxylic acids is 2. The monoisotopic (exact) mass is 463 g/mol. The van der Waals surface area contributed by atoms with Gasteiger partial charge in [-0.15, -0.1) is 0 Å². The maximum Gasteiger partial charge on any atom is 0.373 e. The van der Waals surface area contributed by atoms with Gasteiger partial charge < -0.3 is 10.2 Å². The molecular formula is C25H29N5O2S. The lowest BCUT2D eigenvalue weighted by Gasteiger charge is -2.26. The molecule has 2 aliphatic rings. The summed E-state index contributed by atoms with van der Waals surface area (Å²) in [7, 11) is 0. The predicted molar refractivity (Wildman–Crippen MR) is 128 cm³/mol. The highest BCUT2D eigenvalue weighted by Gasteiger charge is 2.26. The first-order valence-electron chi connectivity index (χ1n) is 11.5. The van der Waals surface area contributed by atoms with Gasteiger partial charge in [0.2, 0.25) is 0 Å². The summed E-state index contributed by atoms with van der Waals surface area (Å²) in [5, 5.41) is 7.94. The van der Waals surface area contributed by atoms with Crippen molar-refractivity contribution in [2.45, 2.75) is 45.4 Å². The summed E-state index contributed by atoms with van der Waals surface area (Å²) in [6.07, 6.45) is 9.05. The van der Waals surface area contributed by atoms with Crippen LogP contribution >= 0.6 is 11.3 Å². The zero-order valence-electron chi connectivity index (χ0n) is 19.0. The molecule has 1 aliphatic carbocycles. The van der Waals surface area contributed by atoms with Crippen molar-refractivity contribution in [1.29, 1.82) is 0 Å². The summed E-state index contributed by atoms with van der Waals surface area (Å²) in [4.78, 5) is 33.5. The van der Waals surface area contributed by atoms with E-state index in [4.69, 9.17) is 24.5 Å². The van der Waals surface area contributed by atoms with Gasteiger partial charge in [0, 0.05) is 25.6 Å². The van der Waals surface area contributed by atoms with Gasteiger partial charge in [-0.1, -0.05) is 12.5 Å². The van der Waals surface area contributed by atoms with E-state index in [9.17, 15) is 0 Å². The molecule has 3 aromatic rings. The van der Waals surface area contributed by atoms with Crippen LogP contribution < -0.4 is 5.32 Å². The van der Waals surface area contributed by atoms with E-state index in [2.05, 4.69) is 40.0 Å². The molecule has 1 aliphatic heterocycles. The SMILES string of the molecule is Cc1cnc2c(c1)Cc1nc(Cc3ccsc3)nc(NCCCN3CCCCC3)c1-2.O=C=O. The van der Waals surface area contributed by atoms with Crippen molar-refractivity contribution in [2.24, 2.45) is 0 Å². The van der Waals surface area contributed by atoms with Crippen LogP contribution in [0.15, 0.2) is 29.1 Å². The number of nitrogens with one attached hydrogen (secondary N) is 1. The molecule has 4 heterocycles. The number of nitrogens with zero attached hydrogens (tertiary/aromatic N) is 4. The Labute approximate surface area is 198 Å². The third-order valence-electron chi connectivity index (χ3n) is 6.06. The Bertz CT molecular complexity index is 1100. The first-order valence-corrected chi connectivity index (χ1v) is 12.4. The molecule has 1 fully saturated rings. The summed E-state index contributed by atoms with van der Waals surface area (Å²) in [5.41, 5.74) is 7.02. The number of fused-ring (bicyclic) bond motifs is 3. The standard InChI is InChI=1S/C24H29N5S.CO2/c1-17-12-19-14-20-22(23(19)26-15-17)24(25-7-5-10-29-8-3-2-4-9-29)28-21(27-20)13-18-6-11-30-16-18;2-1-3/h6,11-12,15-16H,2-5,7-10,13-14H2,1H3,(H,25,27,28);. The van der Waals surface area contributed by atoms with Crippen LogP contribution in [-0.2, 0) is 22.4 Å². The van der Waals surface area contributed by atoms with Crippen LogP contribution in [0.4, 0.5) is 5.82 Å². The molecule has 3 aromatic heterocycles. The minimum absolute atomic E-state index is 0.250. The number of rotatable bonds is 7. The molecule has 1 N–H and O–H groups in total. The van der Waals surface area contributed by atoms with Gasteiger partial charge in [-0.2, -0.15) is 20.9 Å². The van der Waals surface area contributed by atoms with Crippen molar-refractivity contribution < 1.29 is 9.59 Å². The average Bonchev–Trinajstić information content (AvgIpc) is 3.45. The first-order chi connectivity index (χ1) is 16.2. The van der Waals surface area contributed by atoms with Crippen LogP contribution in [0, 0.1) is 6.92 Å². The third kappa shape index (κ3) is 5.90. The van der Waals surface area contributed by atoms with E-state index in [1.165, 1.54) is 49.0 Å². The molecular weight excluding hydrogens is 434 g/mol. The highest BCUT2D eigenvalue weighted by atomic mass is 32.1. The number of piperidine rings is 1. The Morgan fingerprint density at radius 3 is 2.76 bits per heavy atom. The Morgan fingerprint density at radius 1 is 1.18 bits per heavy atom. The summed E-state index contributed by atoms with van der Waals surface area (Å²) in [5.74, 6) is 1.86. The van der Waals surface area contributed by atoms with Gasteiger partial charge in [0.05, 0.1) is 17.0 Å². The van der Waals surface area contributed by atoms with E-state index in [1.54, 1.807) is 11.3 Å². The lowest BCUT2D eigenvalue weighted by atomic mass is 10.1. The maximum atomic E-state index is 8.12. The van der Waals surface area contributed by atoms with E-state index in [-0.39, 0.29) is 6.15 Å². The van der Waals surface area contributed by atoms with Gasteiger partial charge in [0.1, 0.15) is 11.6 Å². The lowest BCUT2D eigenvalue weighted by Crippen LogP contribution is -2.31. The van der Waals surface area contributed by atoms with E-state index >= 15 is 0 Å². The molecule has 1 saturated heterocycles. The minimum Gasteiger partial charge on any atom is -0.369 e. The van der Waals surface area contributed by atoms with Gasteiger partial charge in [-0.25, -0.2) is 9.97 Å². The summed E-state index contributed by atoms with van der Waals surface area (Å²) < 4.78 is 0. The molecule has 0 radical (unpaired) electrons. The average molecular weight is 464 g/mol. The third-order valence-corrected chi connectivity index (χ3v) is 6.79. The Balaban J connectivity index is 0.000000821. The highest BCUT2D eigenvalue weighted by molar-refractivity contribution is 7.07. The van der Waals surface area contributed by atoms with E-state index < -0.39 is 0 Å². The van der Waals surface area contributed by atoms with Crippen LogP contribution in [0.5, 0.6) is 0 Å². The van der Waals surface area contributed by atoms with Crippen LogP contribution in [0.3, 0.4) is 0 Å². The van der Waals surface area contributed by atoms with Crippen molar-refractivity contribution >= 4 is 23.3 Å². The molecule has 0 spiro atoms. The molecule has 172 valence electrons. The number of pyridine rings is 1. The predicted octanol–water partition coefficient (Wildman–Crippen LogP) is 4.11. The zero-order valence-corrected chi connectivity index (χ0v) is 19.8. The number of aromatic nitrogens is 3. The fraction of sp³-hybridized carbons (Fsp3) is 0.440. The van der Waals surface area contributed by atoms with Crippen molar-refractivity contribution in [3.05, 3.63) is 57.3 Å². The van der Waals surface area contributed by atoms with Crippen molar-refractivity contribution in [3.63, 3.8) is 0 Å². The number of anilines is 1. The molecule has 0 atom stereocenters. The van der Waals surface area contributed by atoms with Crippen LogP contribution in [0.2, 0.25) is 0 Å². The highest BCUT2D eigenvalue weighted by Crippen LogP contribution is 2.38. The summed E-state index contributed by atoms with van der Waals surface area (Å²) in [6.45, 7) is 6.70. The van der Waals surface area contributed by atoms with Crippen LogP contribution in [0.1, 0.15) is 53.9 Å². The molecule has 0 bridgehead atoms. The fourth-order valence-corrected chi connectivity index (χ4v) is 5.25. The Morgan fingerprint density at radius 2 is 2.00 bits per heavy atom. The molecule has 33 heavy (non-hydrogen) atoms. The molecule has 0 amide bonds. The molecule has 5 rings (SSSR count). The second kappa shape index (κ2) is 11.3. The van der Waals surface area contributed by atoms with Gasteiger partial charge in [0.15, 0.2) is 0 Å². The van der Waals surface area contributed by atoms with Crippen LogP contribution in [0.25, 0.3) is 11.3 Å². The van der Waals surface area contributed by atoms with E-state index in [1.807, 2.05) is 6.20 Å². The minimum atomic E-state index is 0.250. The molecule has 7 nitrogen and oxygen atoms in total. The van der Waals surface area contributed by atoms with Gasteiger partial charge in [-0.3, -0.25) is 4.98 Å². The van der Waals surface area contributed by atoms with Gasteiger partial charge >= 0.3 is 6.15 Å². The number of aryl methyl sites for hydroxylation is 1. The molecule has 0 aromatic carbocycles. The smallest absolute Gasteiger partial charge is 0.369 e. The first kappa shape index (κ1) is 23.2. The van der Waals surface area contributed by atoms with Crippen molar-refractivity contribution in [3.8, 4) is 11.3 Å². The summed E-state index contributed by atoms with van der Waals surface area (Å²) >= 11 is 1.72. The second-order valence-electron chi connectivity index (χ2n) is 8.58. The van der Waals surface area contributed by atoms with Crippen molar-refractivity contribution in [1.82, 2.24) is 19.9 Å². The summed E-state index contributed by atoms with van der Waals surface area (Å²) in [6, 6.07) is 4.40. The van der Waals surface area contributed by atoms with Crippen molar-refractivity contribution in [2.75, 3.05) is 31.5 Å². The maximum absolute atomic E-state index is 8.12. The van der Waals surface area contributed by atoms with Gasteiger partial charge in [-0.05, 0) is 79.3 Å². The number of hydrogen-bond acceptors (Lipinski definition) is 8. The Hall–Kier alpha value is -2.93. The zero-order chi connectivity index (χ0) is 23.0. The lowest BCUT2D eigenvalue weighted by molar-refractivity contribution is -0.191. The number of thiophene rings is 1. The topological polar surface area (TPSA) is 88.1 Å². The van der Waals surface area contributed by atoms with Gasteiger partial charge in [0.25, 0.3) is 0 Å². The largest absolute Gasteiger partial charge is 0.373 e. The quantitative estimate of drug-likeness (QED) is 0.413. The Kier molecular flexibility index (Phi) is 7.94.